The van der Waals surface area contributed by atoms with Crippen LogP contribution in [0.1, 0.15) is 50.4 Å². The number of ether oxygens (including phenoxy) is 1. The highest BCUT2D eigenvalue weighted by Gasteiger charge is 2.09. The van der Waals surface area contributed by atoms with Crippen LogP contribution in [0.3, 0.4) is 0 Å². The van der Waals surface area contributed by atoms with E-state index in [-0.39, 0.29) is 29.9 Å². The smallest absolute Gasteiger partial charge is 0.226 e. The number of nitrogens with zero attached hydrogens (tertiary/aromatic N) is 3. The van der Waals surface area contributed by atoms with Gasteiger partial charge in [0.25, 0.3) is 0 Å². The summed E-state index contributed by atoms with van der Waals surface area (Å²) in [5, 5.41) is 10.6. The van der Waals surface area contributed by atoms with Crippen molar-refractivity contribution in [1.29, 1.82) is 0 Å². The van der Waals surface area contributed by atoms with Crippen molar-refractivity contribution in [3.8, 4) is 5.75 Å². The molecule has 0 aliphatic rings. The molecule has 0 atom stereocenters. The Kier molecular flexibility index (Phi) is 11.5. The summed E-state index contributed by atoms with van der Waals surface area (Å²) in [7, 11) is 1.68. The van der Waals surface area contributed by atoms with Crippen LogP contribution in [-0.4, -0.2) is 42.8 Å². The number of benzene rings is 1. The molecule has 1 heterocycles. The number of hydrogen-bond acceptors (Lipinski definition) is 5. The molecule has 0 bridgehead atoms. The highest BCUT2D eigenvalue weighted by molar-refractivity contribution is 14.0. The summed E-state index contributed by atoms with van der Waals surface area (Å²) in [5.74, 6) is 3.45. The van der Waals surface area contributed by atoms with Gasteiger partial charge in [0.15, 0.2) is 11.8 Å². The number of rotatable bonds is 10. The molecular weight excluding hydrogens is 469 g/mol. The van der Waals surface area contributed by atoms with Crippen LogP contribution in [0, 0.1) is 0 Å². The number of aliphatic imine (C=N–C) groups is 1. The second-order valence-electron chi connectivity index (χ2n) is 6.59. The van der Waals surface area contributed by atoms with E-state index in [4.69, 9.17) is 9.26 Å². The molecule has 28 heavy (non-hydrogen) atoms. The minimum atomic E-state index is 0. The van der Waals surface area contributed by atoms with Crippen molar-refractivity contribution in [1.82, 2.24) is 20.8 Å². The minimum absolute atomic E-state index is 0. The maximum atomic E-state index is 5.26. The van der Waals surface area contributed by atoms with Gasteiger partial charge in [0, 0.05) is 32.0 Å². The first kappa shape index (κ1) is 24.2. The molecule has 0 radical (unpaired) electrons. The SMILES string of the molecule is CCNC(=NCCCc1nc(C(C)C)no1)NCCc1ccc(OC)cc1.I. The fourth-order valence-corrected chi connectivity index (χ4v) is 2.48. The van der Waals surface area contributed by atoms with Gasteiger partial charge in [0.2, 0.25) is 5.89 Å². The van der Waals surface area contributed by atoms with Crippen molar-refractivity contribution in [2.75, 3.05) is 26.7 Å². The maximum absolute atomic E-state index is 5.26. The van der Waals surface area contributed by atoms with Gasteiger partial charge in [-0.3, -0.25) is 4.99 Å². The van der Waals surface area contributed by atoms with E-state index in [1.54, 1.807) is 7.11 Å². The van der Waals surface area contributed by atoms with Gasteiger partial charge < -0.3 is 19.9 Å². The van der Waals surface area contributed by atoms with Crippen LogP contribution in [0.4, 0.5) is 0 Å². The van der Waals surface area contributed by atoms with E-state index in [2.05, 4.69) is 58.7 Å². The van der Waals surface area contributed by atoms with E-state index >= 15 is 0 Å². The lowest BCUT2D eigenvalue weighted by Crippen LogP contribution is -2.38. The Labute approximate surface area is 184 Å². The first-order valence-electron chi connectivity index (χ1n) is 9.60. The average molecular weight is 501 g/mol. The van der Waals surface area contributed by atoms with Crippen molar-refractivity contribution in [3.05, 3.63) is 41.5 Å². The summed E-state index contributed by atoms with van der Waals surface area (Å²) < 4.78 is 10.4. The molecule has 8 heteroatoms. The van der Waals surface area contributed by atoms with Crippen molar-refractivity contribution in [2.24, 2.45) is 4.99 Å². The number of methoxy groups -OCH3 is 1. The van der Waals surface area contributed by atoms with E-state index in [1.807, 2.05) is 12.1 Å². The molecule has 7 nitrogen and oxygen atoms in total. The van der Waals surface area contributed by atoms with Gasteiger partial charge >= 0.3 is 0 Å². The molecule has 2 rings (SSSR count). The van der Waals surface area contributed by atoms with Crippen LogP contribution in [0.5, 0.6) is 5.75 Å². The number of aromatic nitrogens is 2. The van der Waals surface area contributed by atoms with Crippen LogP contribution in [0.15, 0.2) is 33.8 Å². The predicted molar refractivity (Wildman–Crippen MR) is 123 cm³/mol. The quantitative estimate of drug-likeness (QED) is 0.224. The first-order chi connectivity index (χ1) is 13.1. The Bertz CT molecular complexity index is 701. The van der Waals surface area contributed by atoms with E-state index < -0.39 is 0 Å². The molecule has 0 aliphatic carbocycles. The highest BCUT2D eigenvalue weighted by atomic mass is 127. The van der Waals surface area contributed by atoms with Crippen molar-refractivity contribution >= 4 is 29.9 Å². The third-order valence-electron chi connectivity index (χ3n) is 4.03. The van der Waals surface area contributed by atoms with Gasteiger partial charge in [0.05, 0.1) is 7.11 Å². The molecule has 1 aromatic heterocycles. The van der Waals surface area contributed by atoms with E-state index in [1.165, 1.54) is 5.56 Å². The molecular formula is C20H32IN5O2. The van der Waals surface area contributed by atoms with Gasteiger partial charge in [-0.05, 0) is 37.5 Å². The van der Waals surface area contributed by atoms with E-state index in [0.717, 1.165) is 49.9 Å². The summed E-state index contributed by atoms with van der Waals surface area (Å²) in [6, 6.07) is 8.13. The highest BCUT2D eigenvalue weighted by Crippen LogP contribution is 2.11. The Morgan fingerprint density at radius 2 is 1.93 bits per heavy atom. The summed E-state index contributed by atoms with van der Waals surface area (Å²) in [6.07, 6.45) is 2.54. The number of nitrogens with one attached hydrogen (secondary N) is 2. The molecule has 156 valence electrons. The van der Waals surface area contributed by atoms with Gasteiger partial charge in [-0.15, -0.1) is 24.0 Å². The predicted octanol–water partition coefficient (Wildman–Crippen LogP) is 3.55. The van der Waals surface area contributed by atoms with Crippen LogP contribution < -0.4 is 15.4 Å². The zero-order valence-electron chi connectivity index (χ0n) is 17.2. The third-order valence-corrected chi connectivity index (χ3v) is 4.03. The van der Waals surface area contributed by atoms with E-state index in [0.29, 0.717) is 12.4 Å². The minimum Gasteiger partial charge on any atom is -0.497 e. The van der Waals surface area contributed by atoms with Gasteiger partial charge in [-0.2, -0.15) is 4.98 Å². The summed E-state index contributed by atoms with van der Waals surface area (Å²) in [6.45, 7) is 8.53. The molecule has 2 N–H and O–H groups in total. The Balaban J connectivity index is 0.00000392. The average Bonchev–Trinajstić information content (AvgIpc) is 3.15. The van der Waals surface area contributed by atoms with Crippen LogP contribution >= 0.6 is 24.0 Å². The molecule has 0 saturated carbocycles. The summed E-state index contributed by atoms with van der Waals surface area (Å²) >= 11 is 0. The Hall–Kier alpha value is -1.84. The number of hydrogen-bond donors (Lipinski definition) is 2. The largest absolute Gasteiger partial charge is 0.497 e. The lowest BCUT2D eigenvalue weighted by atomic mass is 10.1. The summed E-state index contributed by atoms with van der Waals surface area (Å²) in [5.41, 5.74) is 1.26. The fourth-order valence-electron chi connectivity index (χ4n) is 2.48. The number of halogens is 1. The van der Waals surface area contributed by atoms with E-state index in [9.17, 15) is 0 Å². The van der Waals surface area contributed by atoms with Crippen LogP contribution in [0.2, 0.25) is 0 Å². The van der Waals surface area contributed by atoms with Crippen molar-refractivity contribution in [2.45, 2.75) is 46.0 Å². The molecule has 0 fully saturated rings. The number of aryl methyl sites for hydroxylation is 1. The van der Waals surface area contributed by atoms with Gasteiger partial charge in [0.1, 0.15) is 5.75 Å². The second kappa shape index (κ2) is 13.4. The van der Waals surface area contributed by atoms with Crippen molar-refractivity contribution in [3.63, 3.8) is 0 Å². The number of guanidine groups is 1. The molecule has 0 spiro atoms. The Morgan fingerprint density at radius 3 is 2.54 bits per heavy atom. The van der Waals surface area contributed by atoms with Crippen molar-refractivity contribution < 1.29 is 9.26 Å². The van der Waals surface area contributed by atoms with Crippen LogP contribution in [0.25, 0.3) is 0 Å². The molecule has 0 aliphatic heterocycles. The third kappa shape index (κ3) is 8.45. The lowest BCUT2D eigenvalue weighted by molar-refractivity contribution is 0.369. The molecule has 2 aromatic rings. The topological polar surface area (TPSA) is 84.6 Å². The molecule has 0 saturated heterocycles. The zero-order valence-corrected chi connectivity index (χ0v) is 19.5. The Morgan fingerprint density at radius 1 is 1.18 bits per heavy atom. The normalized spacial score (nSPS) is 11.2. The lowest BCUT2D eigenvalue weighted by Gasteiger charge is -2.11. The fraction of sp³-hybridized carbons (Fsp3) is 0.550. The molecule has 0 amide bonds. The standard InChI is InChI=1S/C20H31N5O2.HI/c1-5-21-20(23-14-12-16-8-10-17(26-4)11-9-16)22-13-6-7-18-24-19(15(2)3)25-27-18;/h8-11,15H,5-7,12-14H2,1-4H3,(H2,21,22,23);1H. The monoisotopic (exact) mass is 501 g/mol. The van der Waals surface area contributed by atoms with Crippen LogP contribution in [-0.2, 0) is 12.8 Å². The first-order valence-corrected chi connectivity index (χ1v) is 9.60. The maximum Gasteiger partial charge on any atom is 0.226 e. The second-order valence-corrected chi connectivity index (χ2v) is 6.59. The van der Waals surface area contributed by atoms with Gasteiger partial charge in [-0.25, -0.2) is 0 Å². The molecule has 0 unspecified atom stereocenters. The summed E-state index contributed by atoms with van der Waals surface area (Å²) in [4.78, 5) is 9.01. The molecule has 1 aromatic carbocycles. The zero-order chi connectivity index (χ0) is 19.5. The van der Waals surface area contributed by atoms with Gasteiger partial charge in [-0.1, -0.05) is 31.1 Å².